The van der Waals surface area contributed by atoms with Gasteiger partial charge in [0.15, 0.2) is 0 Å². The molecule has 0 spiro atoms. The number of piperidine rings is 1. The Kier molecular flexibility index (Phi) is 4.70. The number of hydrogen-bond acceptors (Lipinski definition) is 5. The average molecular weight is 343 g/mol. The minimum Gasteiger partial charge on any atom is -0.340 e. The standard InChI is InChI=1S/C16H24F3N5/c17-16(18,19)12-8-22-14(23-9-12)24-7-3-4-11(10-24)15(21)6-2-1-5-13(15)20/h8-9,11,13H,1-7,10,20-21H2/t11?,13?,15-/m0/s1. The Morgan fingerprint density at radius 1 is 1.12 bits per heavy atom. The highest BCUT2D eigenvalue weighted by atomic mass is 19.4. The van der Waals surface area contributed by atoms with E-state index in [1.165, 1.54) is 0 Å². The van der Waals surface area contributed by atoms with Crippen molar-refractivity contribution in [3.05, 3.63) is 18.0 Å². The molecular weight excluding hydrogens is 319 g/mol. The molecule has 1 saturated carbocycles. The van der Waals surface area contributed by atoms with Crippen molar-refractivity contribution in [2.24, 2.45) is 17.4 Å². The van der Waals surface area contributed by atoms with Crippen molar-refractivity contribution >= 4 is 5.95 Å². The molecule has 1 aromatic heterocycles. The van der Waals surface area contributed by atoms with Gasteiger partial charge in [-0.1, -0.05) is 12.8 Å². The van der Waals surface area contributed by atoms with E-state index in [0.717, 1.165) is 57.5 Å². The first-order chi connectivity index (χ1) is 11.3. The fraction of sp³-hybridized carbons (Fsp3) is 0.750. The third kappa shape index (κ3) is 3.35. The molecule has 4 N–H and O–H groups in total. The van der Waals surface area contributed by atoms with Crippen molar-refractivity contribution in [3.63, 3.8) is 0 Å². The van der Waals surface area contributed by atoms with Crippen LogP contribution in [-0.4, -0.2) is 34.6 Å². The van der Waals surface area contributed by atoms with E-state index >= 15 is 0 Å². The maximum atomic E-state index is 12.6. The summed E-state index contributed by atoms with van der Waals surface area (Å²) in [4.78, 5) is 9.76. The van der Waals surface area contributed by atoms with Crippen LogP contribution < -0.4 is 16.4 Å². The van der Waals surface area contributed by atoms with Gasteiger partial charge in [0.1, 0.15) is 0 Å². The predicted octanol–water partition coefficient (Wildman–Crippen LogP) is 2.31. The molecule has 2 heterocycles. The maximum Gasteiger partial charge on any atom is 0.419 e. The zero-order chi connectivity index (χ0) is 17.4. The molecule has 1 aliphatic carbocycles. The molecule has 2 fully saturated rings. The van der Waals surface area contributed by atoms with E-state index in [0.29, 0.717) is 12.5 Å². The van der Waals surface area contributed by atoms with Gasteiger partial charge in [0, 0.05) is 37.1 Å². The van der Waals surface area contributed by atoms with Gasteiger partial charge in [0.25, 0.3) is 0 Å². The van der Waals surface area contributed by atoms with Crippen LogP contribution in [0, 0.1) is 5.92 Å². The van der Waals surface area contributed by atoms with E-state index in [1.54, 1.807) is 0 Å². The number of rotatable bonds is 2. The monoisotopic (exact) mass is 343 g/mol. The van der Waals surface area contributed by atoms with Crippen molar-refractivity contribution < 1.29 is 13.2 Å². The smallest absolute Gasteiger partial charge is 0.340 e. The van der Waals surface area contributed by atoms with E-state index in [4.69, 9.17) is 11.5 Å². The molecular formula is C16H24F3N5. The van der Waals surface area contributed by atoms with E-state index in [-0.39, 0.29) is 12.0 Å². The summed E-state index contributed by atoms with van der Waals surface area (Å²) in [7, 11) is 0. The van der Waals surface area contributed by atoms with Gasteiger partial charge in [-0.15, -0.1) is 0 Å². The summed E-state index contributed by atoms with van der Waals surface area (Å²) in [5.74, 6) is 0.549. The Labute approximate surface area is 139 Å². The summed E-state index contributed by atoms with van der Waals surface area (Å²) in [6, 6.07) is -0.0234. The van der Waals surface area contributed by atoms with Crippen LogP contribution in [0.15, 0.2) is 12.4 Å². The van der Waals surface area contributed by atoms with Gasteiger partial charge in [-0.05, 0) is 31.6 Å². The lowest BCUT2D eigenvalue weighted by Gasteiger charge is -2.48. The van der Waals surface area contributed by atoms with Crippen molar-refractivity contribution in [1.82, 2.24) is 9.97 Å². The summed E-state index contributed by atoms with van der Waals surface area (Å²) in [5.41, 5.74) is 11.7. The van der Waals surface area contributed by atoms with Crippen molar-refractivity contribution in [2.75, 3.05) is 18.0 Å². The van der Waals surface area contributed by atoms with E-state index in [1.807, 2.05) is 4.90 Å². The fourth-order valence-electron chi connectivity index (χ4n) is 3.98. The molecule has 0 radical (unpaired) electrons. The van der Waals surface area contributed by atoms with Crippen molar-refractivity contribution in [3.8, 4) is 0 Å². The first-order valence-electron chi connectivity index (χ1n) is 8.49. The normalized spacial score (nSPS) is 32.0. The molecule has 24 heavy (non-hydrogen) atoms. The molecule has 5 nitrogen and oxygen atoms in total. The Bertz CT molecular complexity index is 562. The largest absolute Gasteiger partial charge is 0.419 e. The number of nitrogens with zero attached hydrogens (tertiary/aromatic N) is 3. The zero-order valence-electron chi connectivity index (χ0n) is 13.6. The number of anilines is 1. The van der Waals surface area contributed by atoms with Gasteiger partial charge in [-0.3, -0.25) is 0 Å². The Morgan fingerprint density at radius 2 is 1.83 bits per heavy atom. The molecule has 2 unspecified atom stereocenters. The number of nitrogens with two attached hydrogens (primary N) is 2. The van der Waals surface area contributed by atoms with Crippen LogP contribution in [0.3, 0.4) is 0 Å². The highest BCUT2D eigenvalue weighted by Crippen LogP contribution is 2.37. The molecule has 0 amide bonds. The predicted molar refractivity (Wildman–Crippen MR) is 85.3 cm³/mol. The molecule has 3 atom stereocenters. The first-order valence-corrected chi connectivity index (χ1v) is 8.49. The highest BCUT2D eigenvalue weighted by Gasteiger charge is 2.43. The van der Waals surface area contributed by atoms with Crippen LogP contribution in [0.5, 0.6) is 0 Å². The van der Waals surface area contributed by atoms with Gasteiger partial charge < -0.3 is 16.4 Å². The maximum absolute atomic E-state index is 12.6. The van der Waals surface area contributed by atoms with Gasteiger partial charge in [0.05, 0.1) is 5.56 Å². The second kappa shape index (κ2) is 6.48. The summed E-state index contributed by atoms with van der Waals surface area (Å²) < 4.78 is 37.9. The lowest BCUT2D eigenvalue weighted by Crippen LogP contribution is -2.64. The topological polar surface area (TPSA) is 81.1 Å². The van der Waals surface area contributed by atoms with Crippen LogP contribution in [0.25, 0.3) is 0 Å². The van der Waals surface area contributed by atoms with Crippen LogP contribution in [0.4, 0.5) is 19.1 Å². The summed E-state index contributed by atoms with van der Waals surface area (Å²) in [6.45, 7) is 1.38. The molecule has 0 bridgehead atoms. The summed E-state index contributed by atoms with van der Waals surface area (Å²) >= 11 is 0. The Balaban J connectivity index is 1.73. The third-order valence-corrected chi connectivity index (χ3v) is 5.50. The molecule has 3 rings (SSSR count). The van der Waals surface area contributed by atoms with Crippen molar-refractivity contribution in [1.29, 1.82) is 0 Å². The minimum atomic E-state index is -4.42. The van der Waals surface area contributed by atoms with Crippen LogP contribution >= 0.6 is 0 Å². The average Bonchev–Trinajstić information content (AvgIpc) is 2.57. The SMILES string of the molecule is NC1CCCC[C@]1(N)C1CCCN(c2ncc(C(F)(F)F)cn2)C1. The summed E-state index contributed by atoms with van der Waals surface area (Å²) in [6.07, 6.45) is 3.20. The molecule has 2 aliphatic rings. The molecule has 1 aliphatic heterocycles. The van der Waals surface area contributed by atoms with Gasteiger partial charge >= 0.3 is 6.18 Å². The molecule has 8 heteroatoms. The lowest BCUT2D eigenvalue weighted by atomic mass is 9.68. The quantitative estimate of drug-likeness (QED) is 0.861. The fourth-order valence-corrected chi connectivity index (χ4v) is 3.98. The Hall–Kier alpha value is -1.41. The van der Waals surface area contributed by atoms with Crippen LogP contribution in [0.1, 0.15) is 44.1 Å². The Morgan fingerprint density at radius 3 is 2.46 bits per heavy atom. The van der Waals surface area contributed by atoms with Gasteiger partial charge in [-0.25, -0.2) is 9.97 Å². The summed E-state index contributed by atoms with van der Waals surface area (Å²) in [5, 5.41) is 0. The highest BCUT2D eigenvalue weighted by molar-refractivity contribution is 5.32. The second-order valence-electron chi connectivity index (χ2n) is 7.02. The number of aromatic nitrogens is 2. The number of hydrogen-bond donors (Lipinski definition) is 2. The molecule has 0 aromatic carbocycles. The zero-order valence-corrected chi connectivity index (χ0v) is 13.6. The second-order valence-corrected chi connectivity index (χ2v) is 7.02. The van der Waals surface area contributed by atoms with E-state index in [2.05, 4.69) is 9.97 Å². The number of alkyl halides is 3. The van der Waals surface area contributed by atoms with Gasteiger partial charge in [-0.2, -0.15) is 13.2 Å². The van der Waals surface area contributed by atoms with Crippen molar-refractivity contribution in [2.45, 2.75) is 56.3 Å². The minimum absolute atomic E-state index is 0.0234. The van der Waals surface area contributed by atoms with E-state index in [9.17, 15) is 13.2 Å². The van der Waals surface area contributed by atoms with Crippen LogP contribution in [-0.2, 0) is 6.18 Å². The van der Waals surface area contributed by atoms with Crippen LogP contribution in [0.2, 0.25) is 0 Å². The lowest BCUT2D eigenvalue weighted by molar-refractivity contribution is -0.138. The molecule has 1 saturated heterocycles. The first kappa shape index (κ1) is 17.4. The number of halogens is 3. The molecule has 1 aromatic rings. The van der Waals surface area contributed by atoms with Gasteiger partial charge in [0.2, 0.25) is 5.95 Å². The molecule has 134 valence electrons. The third-order valence-electron chi connectivity index (χ3n) is 5.50. The van der Waals surface area contributed by atoms with E-state index < -0.39 is 17.3 Å².